The molecule has 6 heteroatoms. The van der Waals surface area contributed by atoms with Crippen LogP contribution in [0.15, 0.2) is 59.2 Å². The summed E-state index contributed by atoms with van der Waals surface area (Å²) in [5, 5.41) is 2.09. The van der Waals surface area contributed by atoms with Crippen LogP contribution in [0.2, 0.25) is 15.1 Å². The predicted molar refractivity (Wildman–Crippen MR) is 118 cm³/mol. The smallest absolute Gasteiger partial charge is 0.0670 e. The van der Waals surface area contributed by atoms with Gasteiger partial charge >= 0.3 is 0 Å². The first-order valence-corrected chi connectivity index (χ1v) is 10.7. The van der Waals surface area contributed by atoms with E-state index in [2.05, 4.69) is 33.1 Å². The van der Waals surface area contributed by atoms with Crippen LogP contribution in [0.4, 0.5) is 5.69 Å². The SMILES string of the molecule is Clc1ccc(C2CN(CC3=NC=C4CC43)CCN2c2ccc(Cl)cc2Cl)cc1. The van der Waals surface area contributed by atoms with Crippen LogP contribution in [0.25, 0.3) is 0 Å². The Morgan fingerprint density at radius 2 is 1.75 bits per heavy atom. The molecule has 2 aromatic rings. The van der Waals surface area contributed by atoms with Crippen molar-refractivity contribution in [1.82, 2.24) is 4.90 Å². The van der Waals surface area contributed by atoms with E-state index < -0.39 is 0 Å². The van der Waals surface area contributed by atoms with Gasteiger partial charge in [-0.3, -0.25) is 9.89 Å². The number of anilines is 1. The van der Waals surface area contributed by atoms with E-state index in [1.165, 1.54) is 23.3 Å². The van der Waals surface area contributed by atoms with E-state index in [0.29, 0.717) is 16.0 Å². The van der Waals surface area contributed by atoms with Crippen molar-refractivity contribution < 1.29 is 0 Å². The first-order valence-electron chi connectivity index (χ1n) is 9.53. The van der Waals surface area contributed by atoms with Crippen LogP contribution in [-0.2, 0) is 0 Å². The van der Waals surface area contributed by atoms with Gasteiger partial charge in [0, 0.05) is 54.1 Å². The van der Waals surface area contributed by atoms with Crippen LogP contribution in [-0.4, -0.2) is 36.8 Å². The molecular weight excluding hydrogens is 413 g/mol. The van der Waals surface area contributed by atoms with Gasteiger partial charge in [-0.15, -0.1) is 0 Å². The molecule has 0 bridgehead atoms. The lowest BCUT2D eigenvalue weighted by atomic mass is 10.0. The van der Waals surface area contributed by atoms with E-state index >= 15 is 0 Å². The minimum atomic E-state index is 0.193. The molecule has 2 atom stereocenters. The molecule has 5 rings (SSSR count). The summed E-state index contributed by atoms with van der Waals surface area (Å²) in [5.74, 6) is 0.623. The van der Waals surface area contributed by atoms with Gasteiger partial charge in [-0.1, -0.05) is 46.9 Å². The van der Waals surface area contributed by atoms with Crippen LogP contribution in [0.5, 0.6) is 0 Å². The van der Waals surface area contributed by atoms with Crippen molar-refractivity contribution >= 4 is 46.2 Å². The summed E-state index contributed by atoms with van der Waals surface area (Å²) in [6.07, 6.45) is 3.26. The van der Waals surface area contributed by atoms with Crippen molar-refractivity contribution in [2.45, 2.75) is 12.5 Å². The Kier molecular flexibility index (Phi) is 4.88. The maximum Gasteiger partial charge on any atom is 0.0670 e. The monoisotopic (exact) mass is 431 g/mol. The number of aliphatic imine (C=N–C) groups is 1. The molecule has 1 saturated carbocycles. The van der Waals surface area contributed by atoms with Gasteiger partial charge < -0.3 is 4.90 Å². The van der Waals surface area contributed by atoms with E-state index in [1.54, 1.807) is 0 Å². The molecule has 0 radical (unpaired) electrons. The van der Waals surface area contributed by atoms with Crippen molar-refractivity contribution in [1.29, 1.82) is 0 Å². The quantitative estimate of drug-likeness (QED) is 0.602. The van der Waals surface area contributed by atoms with Crippen LogP contribution in [0.1, 0.15) is 18.0 Å². The number of nitrogens with zero attached hydrogens (tertiary/aromatic N) is 3. The van der Waals surface area contributed by atoms with E-state index in [4.69, 9.17) is 34.8 Å². The first-order chi connectivity index (χ1) is 13.6. The summed E-state index contributed by atoms with van der Waals surface area (Å²) in [4.78, 5) is 9.51. The second-order valence-corrected chi connectivity index (χ2v) is 8.95. The molecule has 2 aliphatic heterocycles. The number of allylic oxidation sites excluding steroid dienone is 1. The third-order valence-corrected chi connectivity index (χ3v) is 6.64. The number of fused-ring (bicyclic) bond motifs is 1. The summed E-state index contributed by atoms with van der Waals surface area (Å²) in [6, 6.07) is 14.1. The van der Waals surface area contributed by atoms with Gasteiger partial charge in [-0.25, -0.2) is 0 Å². The number of piperazine rings is 1. The van der Waals surface area contributed by atoms with Gasteiger partial charge in [-0.05, 0) is 47.9 Å². The van der Waals surface area contributed by atoms with Crippen molar-refractivity contribution in [3.05, 3.63) is 74.9 Å². The van der Waals surface area contributed by atoms with Crippen LogP contribution < -0.4 is 4.90 Å². The van der Waals surface area contributed by atoms with E-state index in [9.17, 15) is 0 Å². The van der Waals surface area contributed by atoms with Crippen molar-refractivity contribution in [2.24, 2.45) is 10.9 Å². The lowest BCUT2D eigenvalue weighted by Gasteiger charge is -2.43. The Morgan fingerprint density at radius 3 is 2.43 bits per heavy atom. The van der Waals surface area contributed by atoms with E-state index in [1.807, 2.05) is 30.3 Å². The molecule has 0 N–H and O–H groups in total. The minimum Gasteiger partial charge on any atom is -0.361 e. The molecule has 0 aromatic heterocycles. The maximum absolute atomic E-state index is 6.55. The lowest BCUT2D eigenvalue weighted by Crippen LogP contribution is -2.50. The fraction of sp³-hybridized carbons (Fsp3) is 0.318. The molecule has 0 amide bonds. The lowest BCUT2D eigenvalue weighted by molar-refractivity contribution is 0.250. The number of benzene rings is 2. The zero-order valence-corrected chi connectivity index (χ0v) is 17.6. The Balaban J connectivity index is 1.42. The number of hydrogen-bond acceptors (Lipinski definition) is 3. The highest BCUT2D eigenvalue weighted by Crippen LogP contribution is 2.43. The number of rotatable bonds is 4. The molecule has 2 fully saturated rings. The molecule has 144 valence electrons. The van der Waals surface area contributed by atoms with Gasteiger partial charge in [0.15, 0.2) is 0 Å². The molecule has 2 heterocycles. The molecule has 2 unspecified atom stereocenters. The fourth-order valence-electron chi connectivity index (χ4n) is 4.24. The summed E-state index contributed by atoms with van der Waals surface area (Å²) < 4.78 is 0. The highest BCUT2D eigenvalue weighted by atomic mass is 35.5. The Bertz CT molecular complexity index is 967. The van der Waals surface area contributed by atoms with Gasteiger partial charge in [-0.2, -0.15) is 0 Å². The van der Waals surface area contributed by atoms with Gasteiger partial charge in [0.05, 0.1) is 16.8 Å². The van der Waals surface area contributed by atoms with Crippen LogP contribution >= 0.6 is 34.8 Å². The van der Waals surface area contributed by atoms with Gasteiger partial charge in [0.25, 0.3) is 0 Å². The summed E-state index contributed by atoms with van der Waals surface area (Å²) in [5.41, 5.74) is 5.08. The number of hydrogen-bond donors (Lipinski definition) is 0. The van der Waals surface area contributed by atoms with Gasteiger partial charge in [0.2, 0.25) is 0 Å². The second kappa shape index (κ2) is 7.38. The van der Waals surface area contributed by atoms with E-state index in [0.717, 1.165) is 36.9 Å². The third kappa shape index (κ3) is 3.57. The average Bonchev–Trinajstić information content (AvgIpc) is 3.37. The Labute approximate surface area is 180 Å². The molecule has 28 heavy (non-hydrogen) atoms. The predicted octanol–water partition coefficient (Wildman–Crippen LogP) is 5.87. The maximum atomic E-state index is 6.55. The molecular formula is C22H20Cl3N3. The molecule has 2 aromatic carbocycles. The third-order valence-electron chi connectivity index (χ3n) is 5.85. The summed E-state index contributed by atoms with van der Waals surface area (Å²) in [6.45, 7) is 3.73. The van der Waals surface area contributed by atoms with Crippen molar-refractivity contribution in [2.75, 3.05) is 31.1 Å². The highest BCUT2D eigenvalue weighted by molar-refractivity contribution is 6.36. The molecule has 1 saturated heterocycles. The van der Waals surface area contributed by atoms with Crippen LogP contribution in [0.3, 0.4) is 0 Å². The van der Waals surface area contributed by atoms with Crippen molar-refractivity contribution in [3.8, 4) is 0 Å². The highest BCUT2D eigenvalue weighted by Gasteiger charge is 2.39. The molecule has 3 nitrogen and oxygen atoms in total. The number of halogens is 3. The zero-order chi connectivity index (χ0) is 19.3. The van der Waals surface area contributed by atoms with Crippen LogP contribution in [0, 0.1) is 5.92 Å². The fourth-order valence-corrected chi connectivity index (χ4v) is 4.89. The molecule has 3 aliphatic rings. The molecule has 0 spiro atoms. The van der Waals surface area contributed by atoms with E-state index in [-0.39, 0.29) is 6.04 Å². The Morgan fingerprint density at radius 1 is 0.964 bits per heavy atom. The minimum absolute atomic E-state index is 0.193. The largest absolute Gasteiger partial charge is 0.361 e. The zero-order valence-electron chi connectivity index (χ0n) is 15.3. The van der Waals surface area contributed by atoms with Gasteiger partial charge in [0.1, 0.15) is 0 Å². The first kappa shape index (κ1) is 18.5. The standard InChI is InChI=1S/C22H20Cl3N3/c23-16-3-1-14(2-4-16)22-13-27(12-20-18-9-15(18)11-26-20)7-8-28(22)21-6-5-17(24)10-19(21)25/h1-6,10-11,18,22H,7-9,12-13H2. The molecule has 1 aliphatic carbocycles. The normalized spacial score (nSPS) is 24.0. The topological polar surface area (TPSA) is 18.8 Å². The Hall–Kier alpha value is -1.52. The second-order valence-electron chi connectivity index (χ2n) is 7.67. The summed E-state index contributed by atoms with van der Waals surface area (Å²) in [7, 11) is 0. The average molecular weight is 433 g/mol. The summed E-state index contributed by atoms with van der Waals surface area (Å²) >= 11 is 18.8. The van der Waals surface area contributed by atoms with Crippen molar-refractivity contribution in [3.63, 3.8) is 0 Å².